The largest absolute Gasteiger partial charge is 0.358 e. The fraction of sp³-hybridized carbons (Fsp3) is 0.478. The molecule has 1 aromatic heterocycles. The number of fused-ring (bicyclic) bond motifs is 3. The summed E-state index contributed by atoms with van der Waals surface area (Å²) in [5.41, 5.74) is 6.07. The molecule has 0 spiro atoms. The SMILES string of the molecule is CC(C)=CCN1CCNC(=O)[C@@H]1CC(=O)N1CCc2[nH]c3c(C)cccc3c2C1. The van der Waals surface area contributed by atoms with Crippen LogP contribution in [0.25, 0.3) is 10.9 Å². The second-order valence-corrected chi connectivity index (χ2v) is 8.43. The van der Waals surface area contributed by atoms with Crippen LogP contribution in [0.15, 0.2) is 29.8 Å². The number of nitrogens with one attached hydrogen (secondary N) is 2. The summed E-state index contributed by atoms with van der Waals surface area (Å²) in [6, 6.07) is 5.91. The lowest BCUT2D eigenvalue weighted by Crippen LogP contribution is -2.56. The number of carbonyl (C=O) groups excluding carboxylic acids is 2. The number of benzene rings is 1. The molecule has 2 aliphatic heterocycles. The summed E-state index contributed by atoms with van der Waals surface area (Å²) in [5.74, 6) is 0.0223. The zero-order valence-electron chi connectivity index (χ0n) is 17.5. The zero-order chi connectivity index (χ0) is 20.5. The van der Waals surface area contributed by atoms with Crippen molar-refractivity contribution in [3.63, 3.8) is 0 Å². The molecule has 0 bridgehead atoms. The Balaban J connectivity index is 1.50. The number of amides is 2. The summed E-state index contributed by atoms with van der Waals surface area (Å²) >= 11 is 0. The molecule has 29 heavy (non-hydrogen) atoms. The van der Waals surface area contributed by atoms with E-state index in [4.69, 9.17) is 0 Å². The van der Waals surface area contributed by atoms with Crippen molar-refractivity contribution in [3.8, 4) is 0 Å². The third kappa shape index (κ3) is 3.94. The van der Waals surface area contributed by atoms with Gasteiger partial charge in [0.25, 0.3) is 0 Å². The number of H-pyrrole nitrogens is 1. The van der Waals surface area contributed by atoms with Gasteiger partial charge >= 0.3 is 0 Å². The number of aryl methyl sites for hydroxylation is 1. The van der Waals surface area contributed by atoms with Crippen molar-refractivity contribution in [1.29, 1.82) is 0 Å². The maximum absolute atomic E-state index is 13.1. The predicted octanol–water partition coefficient (Wildman–Crippen LogP) is 2.52. The van der Waals surface area contributed by atoms with Crippen molar-refractivity contribution in [2.24, 2.45) is 0 Å². The number of hydrogen-bond donors (Lipinski definition) is 2. The first-order chi connectivity index (χ1) is 13.9. The van der Waals surface area contributed by atoms with Crippen LogP contribution in [0, 0.1) is 6.92 Å². The number of allylic oxidation sites excluding steroid dienone is 1. The van der Waals surface area contributed by atoms with E-state index in [2.05, 4.69) is 60.2 Å². The number of carbonyl (C=O) groups is 2. The molecule has 2 aromatic rings. The van der Waals surface area contributed by atoms with E-state index in [0.29, 0.717) is 26.2 Å². The van der Waals surface area contributed by atoms with Gasteiger partial charge in [0.1, 0.15) is 0 Å². The molecule has 2 amide bonds. The van der Waals surface area contributed by atoms with Crippen LogP contribution in [0.5, 0.6) is 0 Å². The van der Waals surface area contributed by atoms with E-state index in [0.717, 1.165) is 13.0 Å². The van der Waals surface area contributed by atoms with Gasteiger partial charge in [0, 0.05) is 61.3 Å². The van der Waals surface area contributed by atoms with Crippen molar-refractivity contribution in [3.05, 3.63) is 46.7 Å². The van der Waals surface area contributed by atoms with E-state index in [1.54, 1.807) is 0 Å². The molecule has 1 fully saturated rings. The predicted molar refractivity (Wildman–Crippen MR) is 115 cm³/mol. The Bertz CT molecular complexity index is 971. The lowest BCUT2D eigenvalue weighted by atomic mass is 10.0. The minimum absolute atomic E-state index is 0.0350. The van der Waals surface area contributed by atoms with Gasteiger partial charge in [0.05, 0.1) is 12.5 Å². The number of piperazine rings is 1. The van der Waals surface area contributed by atoms with Gasteiger partial charge in [0.15, 0.2) is 0 Å². The Morgan fingerprint density at radius 1 is 1.28 bits per heavy atom. The van der Waals surface area contributed by atoms with Gasteiger partial charge in [-0.2, -0.15) is 0 Å². The topological polar surface area (TPSA) is 68.4 Å². The van der Waals surface area contributed by atoms with E-state index < -0.39 is 6.04 Å². The minimum atomic E-state index is -0.390. The van der Waals surface area contributed by atoms with E-state index in [9.17, 15) is 9.59 Å². The molecule has 6 heteroatoms. The molecule has 3 heterocycles. The monoisotopic (exact) mass is 394 g/mol. The van der Waals surface area contributed by atoms with E-state index in [-0.39, 0.29) is 18.2 Å². The Morgan fingerprint density at radius 2 is 2.10 bits per heavy atom. The molecule has 0 saturated carbocycles. The highest BCUT2D eigenvalue weighted by atomic mass is 16.2. The first-order valence-corrected chi connectivity index (χ1v) is 10.5. The smallest absolute Gasteiger partial charge is 0.237 e. The van der Waals surface area contributed by atoms with E-state index in [1.165, 1.54) is 33.3 Å². The molecule has 1 saturated heterocycles. The van der Waals surface area contributed by atoms with Gasteiger partial charge in [0.2, 0.25) is 11.8 Å². The van der Waals surface area contributed by atoms with Crippen molar-refractivity contribution >= 4 is 22.7 Å². The standard InChI is InChI=1S/C23H30N4O2/c1-15(2)7-10-26-12-9-24-23(29)20(26)13-21(28)27-11-8-19-18(14-27)17-6-4-5-16(3)22(17)25-19/h4-7,20,25H,8-14H2,1-3H3,(H,24,29)/t20-/m0/s1. The first-order valence-electron chi connectivity index (χ1n) is 10.5. The number of hydrogen-bond acceptors (Lipinski definition) is 3. The van der Waals surface area contributed by atoms with Crippen LogP contribution in [0.4, 0.5) is 0 Å². The molecule has 154 valence electrons. The minimum Gasteiger partial charge on any atom is -0.358 e. The highest BCUT2D eigenvalue weighted by Crippen LogP contribution is 2.30. The fourth-order valence-corrected chi connectivity index (χ4v) is 4.39. The number of nitrogens with zero attached hydrogens (tertiary/aromatic N) is 2. The van der Waals surface area contributed by atoms with Crippen LogP contribution in [0.2, 0.25) is 0 Å². The van der Waals surface area contributed by atoms with Crippen LogP contribution in [0.3, 0.4) is 0 Å². The Hall–Kier alpha value is -2.60. The molecule has 0 unspecified atom stereocenters. The van der Waals surface area contributed by atoms with Crippen LogP contribution < -0.4 is 5.32 Å². The second-order valence-electron chi connectivity index (χ2n) is 8.43. The third-order valence-electron chi connectivity index (χ3n) is 6.12. The van der Waals surface area contributed by atoms with Gasteiger partial charge in [-0.15, -0.1) is 0 Å². The van der Waals surface area contributed by atoms with Crippen LogP contribution in [0.1, 0.15) is 37.1 Å². The highest BCUT2D eigenvalue weighted by molar-refractivity contribution is 5.90. The van der Waals surface area contributed by atoms with Gasteiger partial charge in [-0.3, -0.25) is 14.5 Å². The summed E-state index contributed by atoms with van der Waals surface area (Å²) in [6.07, 6.45) is 3.18. The lowest BCUT2D eigenvalue weighted by molar-refractivity contribution is -0.139. The van der Waals surface area contributed by atoms with Crippen molar-refractivity contribution in [2.75, 3.05) is 26.2 Å². The number of para-hydroxylation sites is 1. The average molecular weight is 395 g/mol. The summed E-state index contributed by atoms with van der Waals surface area (Å²) in [7, 11) is 0. The number of rotatable bonds is 4. The normalized spacial score (nSPS) is 19.8. The molecule has 1 atom stereocenters. The highest BCUT2D eigenvalue weighted by Gasteiger charge is 2.33. The fourth-order valence-electron chi connectivity index (χ4n) is 4.39. The van der Waals surface area contributed by atoms with Gasteiger partial charge in [-0.25, -0.2) is 0 Å². The Morgan fingerprint density at radius 3 is 2.90 bits per heavy atom. The quantitative estimate of drug-likeness (QED) is 0.783. The van der Waals surface area contributed by atoms with E-state index >= 15 is 0 Å². The van der Waals surface area contributed by atoms with Crippen LogP contribution >= 0.6 is 0 Å². The molecule has 0 radical (unpaired) electrons. The Labute approximate surface area is 171 Å². The van der Waals surface area contributed by atoms with E-state index in [1.807, 2.05) is 4.90 Å². The molecule has 2 aliphatic rings. The number of aromatic nitrogens is 1. The van der Waals surface area contributed by atoms with Crippen LogP contribution in [-0.4, -0.2) is 58.8 Å². The molecule has 4 rings (SSSR count). The first kappa shape index (κ1) is 19.7. The average Bonchev–Trinajstić information content (AvgIpc) is 3.07. The molecular weight excluding hydrogens is 364 g/mol. The van der Waals surface area contributed by atoms with Crippen molar-refractivity contribution < 1.29 is 9.59 Å². The third-order valence-corrected chi connectivity index (χ3v) is 6.12. The van der Waals surface area contributed by atoms with Crippen molar-refractivity contribution in [2.45, 2.75) is 46.2 Å². The summed E-state index contributed by atoms with van der Waals surface area (Å²) < 4.78 is 0. The molecule has 6 nitrogen and oxygen atoms in total. The summed E-state index contributed by atoms with van der Waals surface area (Å²) in [6.45, 7) is 9.65. The maximum atomic E-state index is 13.1. The molecule has 0 aliphatic carbocycles. The second kappa shape index (κ2) is 8.03. The zero-order valence-corrected chi connectivity index (χ0v) is 17.5. The van der Waals surface area contributed by atoms with Gasteiger partial charge in [-0.05, 0) is 26.3 Å². The molecular formula is C23H30N4O2. The summed E-state index contributed by atoms with van der Waals surface area (Å²) in [5, 5.41) is 4.13. The molecule has 1 aromatic carbocycles. The summed E-state index contributed by atoms with van der Waals surface area (Å²) in [4.78, 5) is 33.2. The van der Waals surface area contributed by atoms with Crippen LogP contribution in [-0.2, 0) is 22.6 Å². The van der Waals surface area contributed by atoms with Gasteiger partial charge in [-0.1, -0.05) is 29.8 Å². The van der Waals surface area contributed by atoms with Gasteiger partial charge < -0.3 is 15.2 Å². The lowest BCUT2D eigenvalue weighted by Gasteiger charge is -2.36. The van der Waals surface area contributed by atoms with Crippen molar-refractivity contribution in [1.82, 2.24) is 20.1 Å². The maximum Gasteiger partial charge on any atom is 0.237 e. The Kier molecular flexibility index (Phi) is 5.46. The number of aromatic amines is 1. The molecule has 2 N–H and O–H groups in total.